The summed E-state index contributed by atoms with van der Waals surface area (Å²) in [5.41, 5.74) is 7.50. The molecule has 1 heterocycles. The molecule has 0 saturated carbocycles. The molecule has 2 aromatic carbocycles. The number of benzene rings is 2. The third kappa shape index (κ3) is 5.04. The molecule has 5 nitrogen and oxygen atoms in total. The van der Waals surface area contributed by atoms with E-state index >= 15 is 0 Å². The van der Waals surface area contributed by atoms with E-state index in [9.17, 15) is 4.79 Å². The Morgan fingerprint density at radius 1 is 1.33 bits per heavy atom. The van der Waals surface area contributed by atoms with Gasteiger partial charge >= 0.3 is 0 Å². The highest BCUT2D eigenvalue weighted by Crippen LogP contribution is 2.43. The molecule has 2 aromatic rings. The molecule has 6 heteroatoms. The van der Waals surface area contributed by atoms with E-state index in [2.05, 4.69) is 78.1 Å². The first kappa shape index (κ1) is 22.3. The zero-order valence-corrected chi connectivity index (χ0v) is 19.9. The molecule has 0 bridgehead atoms. The lowest BCUT2D eigenvalue weighted by atomic mass is 9.79. The summed E-state index contributed by atoms with van der Waals surface area (Å²) in [4.78, 5) is 14.5. The van der Waals surface area contributed by atoms with Crippen molar-refractivity contribution in [2.45, 2.75) is 52.5 Å². The molecular formula is C24H30BrN3O2. The third-order valence-electron chi connectivity index (χ3n) is 5.67. The van der Waals surface area contributed by atoms with Crippen LogP contribution in [-0.4, -0.2) is 30.8 Å². The summed E-state index contributed by atoms with van der Waals surface area (Å²) < 4.78 is 6.43. The summed E-state index contributed by atoms with van der Waals surface area (Å²) in [6, 6.07) is 11.8. The van der Waals surface area contributed by atoms with Crippen molar-refractivity contribution in [1.82, 2.24) is 5.43 Å². The van der Waals surface area contributed by atoms with Crippen LogP contribution in [0.5, 0.6) is 5.75 Å². The monoisotopic (exact) mass is 471 g/mol. The number of hydrogen-bond donors (Lipinski definition) is 1. The molecule has 1 N–H and O–H groups in total. The molecule has 1 unspecified atom stereocenters. The summed E-state index contributed by atoms with van der Waals surface area (Å²) in [5.74, 6) is 0.816. The minimum absolute atomic E-state index is 0.0836. The molecule has 3 rings (SSSR count). The topological polar surface area (TPSA) is 53.9 Å². The van der Waals surface area contributed by atoms with Crippen LogP contribution in [0.15, 0.2) is 46.0 Å². The molecule has 0 radical (unpaired) electrons. The molecule has 1 amide bonds. The maximum Gasteiger partial charge on any atom is 0.277 e. The van der Waals surface area contributed by atoms with E-state index in [4.69, 9.17) is 4.74 Å². The fraction of sp³-hybridized carbons (Fsp3) is 0.417. The van der Waals surface area contributed by atoms with E-state index in [1.54, 1.807) is 18.3 Å². The number of anilines is 1. The number of hydrogen-bond acceptors (Lipinski definition) is 4. The Hall–Kier alpha value is -2.34. The number of fused-ring (bicyclic) bond motifs is 1. The normalized spacial score (nSPS) is 17.7. The van der Waals surface area contributed by atoms with Gasteiger partial charge in [0, 0.05) is 22.2 Å². The number of halogens is 1. The molecular weight excluding hydrogens is 442 g/mol. The summed E-state index contributed by atoms with van der Waals surface area (Å²) >= 11 is 3.37. The van der Waals surface area contributed by atoms with E-state index in [0.717, 1.165) is 28.6 Å². The van der Waals surface area contributed by atoms with Crippen molar-refractivity contribution < 1.29 is 9.53 Å². The van der Waals surface area contributed by atoms with Crippen molar-refractivity contribution in [3.05, 3.63) is 57.6 Å². The van der Waals surface area contributed by atoms with Gasteiger partial charge in [-0.25, -0.2) is 5.43 Å². The Morgan fingerprint density at radius 2 is 2.03 bits per heavy atom. The van der Waals surface area contributed by atoms with Crippen LogP contribution >= 0.6 is 15.9 Å². The van der Waals surface area contributed by atoms with Gasteiger partial charge in [0.15, 0.2) is 6.61 Å². The van der Waals surface area contributed by atoms with Gasteiger partial charge in [-0.05, 0) is 93.1 Å². The fourth-order valence-corrected chi connectivity index (χ4v) is 4.54. The molecule has 0 spiro atoms. The predicted molar refractivity (Wildman–Crippen MR) is 127 cm³/mol. The molecule has 30 heavy (non-hydrogen) atoms. The highest BCUT2D eigenvalue weighted by Gasteiger charge is 2.35. The van der Waals surface area contributed by atoms with Crippen LogP contribution < -0.4 is 15.1 Å². The quantitative estimate of drug-likeness (QED) is 0.453. The minimum atomic E-state index is -0.294. The van der Waals surface area contributed by atoms with E-state index in [1.807, 2.05) is 12.1 Å². The van der Waals surface area contributed by atoms with E-state index in [0.29, 0.717) is 11.7 Å². The second kappa shape index (κ2) is 9.21. The number of nitrogens with zero attached hydrogens (tertiary/aromatic N) is 2. The van der Waals surface area contributed by atoms with Crippen molar-refractivity contribution in [3.63, 3.8) is 0 Å². The summed E-state index contributed by atoms with van der Waals surface area (Å²) in [6.45, 7) is 12.1. The Bertz CT molecular complexity index is 938. The van der Waals surface area contributed by atoms with Crippen molar-refractivity contribution in [1.29, 1.82) is 0 Å². The maximum absolute atomic E-state index is 12.0. The lowest BCUT2D eigenvalue weighted by Crippen LogP contribution is -2.48. The smallest absolute Gasteiger partial charge is 0.277 e. The highest BCUT2D eigenvalue weighted by atomic mass is 79.9. The van der Waals surface area contributed by atoms with Gasteiger partial charge in [0.05, 0.1) is 6.21 Å². The zero-order chi connectivity index (χ0) is 21.9. The van der Waals surface area contributed by atoms with Crippen LogP contribution in [0.1, 0.15) is 56.7 Å². The average Bonchev–Trinajstić information content (AvgIpc) is 2.68. The standard InChI is InChI=1S/C24H30BrN3O2/c1-6-28-22-11-16(2)18(12-21(22)17(3)13-24(28,4)5)14-26-27-23(29)15-30-20-9-7-19(25)8-10-20/h7-12,14,17H,6,13,15H2,1-5H3,(H,27,29)/b26-14+. The number of amides is 1. The Labute approximate surface area is 187 Å². The lowest BCUT2D eigenvalue weighted by Gasteiger charge is -2.47. The Morgan fingerprint density at radius 3 is 2.70 bits per heavy atom. The van der Waals surface area contributed by atoms with Crippen LogP contribution in [-0.2, 0) is 4.79 Å². The van der Waals surface area contributed by atoms with Crippen LogP contribution in [0.2, 0.25) is 0 Å². The highest BCUT2D eigenvalue weighted by molar-refractivity contribution is 9.10. The molecule has 1 atom stereocenters. The zero-order valence-electron chi connectivity index (χ0n) is 18.3. The fourth-order valence-electron chi connectivity index (χ4n) is 4.27. The molecule has 0 fully saturated rings. The molecule has 0 saturated heterocycles. The number of aryl methyl sites for hydroxylation is 1. The molecule has 1 aliphatic heterocycles. The van der Waals surface area contributed by atoms with Crippen molar-refractivity contribution in [2.75, 3.05) is 18.1 Å². The predicted octanol–water partition coefficient (Wildman–Crippen LogP) is 5.40. The number of nitrogens with one attached hydrogen (secondary N) is 1. The first-order chi connectivity index (χ1) is 14.2. The summed E-state index contributed by atoms with van der Waals surface area (Å²) in [6.07, 6.45) is 2.83. The van der Waals surface area contributed by atoms with Crippen LogP contribution in [0.25, 0.3) is 0 Å². The number of carbonyl (C=O) groups is 1. The van der Waals surface area contributed by atoms with Crippen LogP contribution in [0.3, 0.4) is 0 Å². The first-order valence-corrected chi connectivity index (χ1v) is 11.1. The van der Waals surface area contributed by atoms with Gasteiger partial charge in [-0.15, -0.1) is 0 Å². The largest absolute Gasteiger partial charge is 0.484 e. The second-order valence-electron chi connectivity index (χ2n) is 8.47. The Kier molecular flexibility index (Phi) is 6.86. The lowest BCUT2D eigenvalue weighted by molar-refractivity contribution is -0.123. The van der Waals surface area contributed by atoms with E-state index in [1.165, 1.54) is 11.3 Å². The minimum Gasteiger partial charge on any atom is -0.484 e. The van der Waals surface area contributed by atoms with E-state index < -0.39 is 0 Å². The molecule has 1 aliphatic rings. The molecule has 0 aromatic heterocycles. The maximum atomic E-state index is 12.0. The molecule has 0 aliphatic carbocycles. The van der Waals surface area contributed by atoms with Gasteiger partial charge in [-0.1, -0.05) is 22.9 Å². The van der Waals surface area contributed by atoms with Crippen LogP contribution in [0.4, 0.5) is 5.69 Å². The first-order valence-electron chi connectivity index (χ1n) is 10.3. The number of hydrazone groups is 1. The number of ether oxygens (including phenoxy) is 1. The summed E-state index contributed by atoms with van der Waals surface area (Å²) in [5, 5.41) is 4.14. The average molecular weight is 472 g/mol. The van der Waals surface area contributed by atoms with Crippen molar-refractivity contribution in [3.8, 4) is 5.75 Å². The number of carbonyl (C=O) groups excluding carboxylic acids is 1. The SMILES string of the molecule is CCN1c2cc(C)c(/C=N/NC(=O)COc3ccc(Br)cc3)cc2C(C)CC1(C)C. The van der Waals surface area contributed by atoms with Gasteiger partial charge in [-0.3, -0.25) is 4.79 Å². The van der Waals surface area contributed by atoms with Crippen molar-refractivity contribution >= 4 is 33.7 Å². The van der Waals surface area contributed by atoms with Gasteiger partial charge in [-0.2, -0.15) is 5.10 Å². The van der Waals surface area contributed by atoms with E-state index in [-0.39, 0.29) is 18.1 Å². The van der Waals surface area contributed by atoms with Gasteiger partial charge in [0.1, 0.15) is 5.75 Å². The Balaban J connectivity index is 1.66. The summed E-state index contributed by atoms with van der Waals surface area (Å²) in [7, 11) is 0. The second-order valence-corrected chi connectivity index (χ2v) is 9.38. The van der Waals surface area contributed by atoms with Gasteiger partial charge in [0.2, 0.25) is 0 Å². The molecule has 160 valence electrons. The third-order valence-corrected chi connectivity index (χ3v) is 6.19. The van der Waals surface area contributed by atoms with Gasteiger partial charge < -0.3 is 9.64 Å². The van der Waals surface area contributed by atoms with Gasteiger partial charge in [0.25, 0.3) is 5.91 Å². The van der Waals surface area contributed by atoms with Crippen molar-refractivity contribution in [2.24, 2.45) is 5.10 Å². The number of rotatable bonds is 6. The van der Waals surface area contributed by atoms with Crippen LogP contribution in [0, 0.1) is 6.92 Å².